The molecule has 0 aliphatic rings. The van der Waals surface area contributed by atoms with Crippen molar-refractivity contribution in [3.8, 4) is 0 Å². The maximum Gasteiger partial charge on any atom is 0.394 e. The molecule has 0 aromatic carbocycles. The fourth-order valence-electron chi connectivity index (χ4n) is 0.488. The summed E-state index contributed by atoms with van der Waals surface area (Å²) >= 11 is 0. The molecule has 0 bridgehead atoms. The van der Waals surface area contributed by atoms with E-state index in [1.807, 2.05) is 5.32 Å². The average Bonchev–Trinajstić information content (AvgIpc) is 1.95. The van der Waals surface area contributed by atoms with Crippen molar-refractivity contribution in [2.24, 2.45) is 0 Å². The Morgan fingerprint density at radius 3 is 2.23 bits per heavy atom. The van der Waals surface area contributed by atoms with E-state index < -0.39 is 21.9 Å². The summed E-state index contributed by atoms with van der Waals surface area (Å²) in [5.74, 6) is -2.75. The lowest BCUT2D eigenvalue weighted by molar-refractivity contribution is -0.150. The van der Waals surface area contributed by atoms with Gasteiger partial charge in [0, 0.05) is 13.1 Å². The Kier molecular flexibility index (Phi) is 4.35. The van der Waals surface area contributed by atoms with Gasteiger partial charge in [0.2, 0.25) is 10.0 Å². The third kappa shape index (κ3) is 7.22. The standard InChI is InChI=1S/C5H10N2O5S/c1-13(11,12)7-3-2-6-4(8)5(9)10/h7H,2-3H2,1H3,(H,6,8)(H,9,10). The van der Waals surface area contributed by atoms with Crippen molar-refractivity contribution in [2.75, 3.05) is 19.3 Å². The summed E-state index contributed by atoms with van der Waals surface area (Å²) < 4.78 is 23.0. The number of hydrogen-bond acceptors (Lipinski definition) is 4. The first-order valence-electron chi connectivity index (χ1n) is 3.28. The Hall–Kier alpha value is -1.15. The van der Waals surface area contributed by atoms with E-state index in [4.69, 9.17) is 5.11 Å². The van der Waals surface area contributed by atoms with Gasteiger partial charge in [-0.3, -0.25) is 4.79 Å². The Balaban J connectivity index is 3.59. The van der Waals surface area contributed by atoms with Crippen molar-refractivity contribution < 1.29 is 23.1 Å². The summed E-state index contributed by atoms with van der Waals surface area (Å²) in [4.78, 5) is 20.3. The largest absolute Gasteiger partial charge is 0.474 e. The van der Waals surface area contributed by atoms with Gasteiger partial charge in [0.05, 0.1) is 6.26 Å². The molecule has 3 N–H and O–H groups in total. The lowest BCUT2D eigenvalue weighted by Crippen LogP contribution is -2.37. The molecule has 0 aliphatic carbocycles. The lowest BCUT2D eigenvalue weighted by atomic mass is 10.5. The molecule has 0 saturated heterocycles. The number of carboxylic acids is 1. The van der Waals surface area contributed by atoms with Crippen molar-refractivity contribution in [3.63, 3.8) is 0 Å². The third-order valence-corrected chi connectivity index (χ3v) is 1.70. The van der Waals surface area contributed by atoms with Crippen LogP contribution in [0, 0.1) is 0 Å². The van der Waals surface area contributed by atoms with Crippen molar-refractivity contribution >= 4 is 21.9 Å². The van der Waals surface area contributed by atoms with E-state index in [9.17, 15) is 18.0 Å². The van der Waals surface area contributed by atoms with Gasteiger partial charge in [-0.25, -0.2) is 17.9 Å². The molecule has 0 unspecified atom stereocenters. The zero-order valence-electron chi connectivity index (χ0n) is 6.90. The van der Waals surface area contributed by atoms with Crippen LogP contribution in [-0.2, 0) is 19.6 Å². The Labute approximate surface area is 75.2 Å². The van der Waals surface area contributed by atoms with Gasteiger partial charge >= 0.3 is 11.9 Å². The van der Waals surface area contributed by atoms with Crippen molar-refractivity contribution in [1.29, 1.82) is 0 Å². The molecule has 0 fully saturated rings. The Morgan fingerprint density at radius 2 is 1.85 bits per heavy atom. The van der Waals surface area contributed by atoms with Crippen LogP contribution in [0.2, 0.25) is 0 Å². The molecule has 0 atom stereocenters. The van der Waals surface area contributed by atoms with Crippen LogP contribution in [0.3, 0.4) is 0 Å². The quantitative estimate of drug-likeness (QED) is 0.358. The second kappa shape index (κ2) is 4.77. The van der Waals surface area contributed by atoms with Gasteiger partial charge in [0.15, 0.2) is 0 Å². The van der Waals surface area contributed by atoms with Gasteiger partial charge in [-0.05, 0) is 0 Å². The predicted octanol–water partition coefficient (Wildman–Crippen LogP) is -2.26. The molecule has 13 heavy (non-hydrogen) atoms. The fraction of sp³-hybridized carbons (Fsp3) is 0.600. The maximum atomic E-state index is 10.5. The highest BCUT2D eigenvalue weighted by atomic mass is 32.2. The molecular formula is C5H10N2O5S. The summed E-state index contributed by atoms with van der Waals surface area (Å²) in [6, 6.07) is 0. The minimum atomic E-state index is -3.29. The van der Waals surface area contributed by atoms with Crippen LogP contribution < -0.4 is 10.0 Å². The summed E-state index contributed by atoms with van der Waals surface area (Å²) in [5.41, 5.74) is 0. The van der Waals surface area contributed by atoms with Crippen molar-refractivity contribution in [3.05, 3.63) is 0 Å². The topological polar surface area (TPSA) is 113 Å². The second-order valence-electron chi connectivity index (χ2n) is 2.23. The van der Waals surface area contributed by atoms with Crippen LogP contribution in [0.1, 0.15) is 0 Å². The molecule has 0 aromatic rings. The number of carbonyl (C=O) groups excluding carboxylic acids is 1. The van der Waals surface area contributed by atoms with Crippen LogP contribution in [-0.4, -0.2) is 44.7 Å². The summed E-state index contributed by atoms with van der Waals surface area (Å²) in [6.07, 6.45) is 0.964. The van der Waals surface area contributed by atoms with Gasteiger partial charge in [-0.15, -0.1) is 0 Å². The molecule has 0 radical (unpaired) electrons. The molecular weight excluding hydrogens is 200 g/mol. The van der Waals surface area contributed by atoms with Gasteiger partial charge in [0.1, 0.15) is 0 Å². The smallest absolute Gasteiger partial charge is 0.394 e. The van der Waals surface area contributed by atoms with Crippen LogP contribution in [0.25, 0.3) is 0 Å². The molecule has 0 saturated carbocycles. The molecule has 76 valence electrons. The van der Waals surface area contributed by atoms with E-state index in [0.29, 0.717) is 0 Å². The zero-order chi connectivity index (χ0) is 10.5. The Bertz CT molecular complexity index is 296. The zero-order valence-corrected chi connectivity index (χ0v) is 7.72. The number of aliphatic carboxylic acids is 1. The minimum absolute atomic E-state index is 0.0299. The third-order valence-electron chi connectivity index (χ3n) is 0.969. The maximum absolute atomic E-state index is 10.5. The van der Waals surface area contributed by atoms with E-state index in [1.165, 1.54) is 0 Å². The van der Waals surface area contributed by atoms with E-state index in [0.717, 1.165) is 6.26 Å². The molecule has 7 nitrogen and oxygen atoms in total. The predicted molar refractivity (Wildman–Crippen MR) is 43.5 cm³/mol. The highest BCUT2D eigenvalue weighted by molar-refractivity contribution is 7.88. The van der Waals surface area contributed by atoms with E-state index >= 15 is 0 Å². The monoisotopic (exact) mass is 210 g/mol. The SMILES string of the molecule is CS(=O)(=O)NCCNC(=O)C(=O)O. The first-order chi connectivity index (χ1) is 5.83. The molecule has 0 rings (SSSR count). The normalized spacial score (nSPS) is 10.8. The van der Waals surface area contributed by atoms with Crippen LogP contribution in [0.15, 0.2) is 0 Å². The molecule has 0 heterocycles. The first-order valence-corrected chi connectivity index (χ1v) is 5.18. The molecule has 8 heteroatoms. The van der Waals surface area contributed by atoms with E-state index in [1.54, 1.807) is 0 Å². The van der Waals surface area contributed by atoms with Crippen LogP contribution >= 0.6 is 0 Å². The first kappa shape index (κ1) is 11.8. The van der Waals surface area contributed by atoms with Gasteiger partial charge in [-0.2, -0.15) is 0 Å². The summed E-state index contributed by atoms with van der Waals surface area (Å²) in [5, 5.41) is 10.1. The van der Waals surface area contributed by atoms with Gasteiger partial charge in [0.25, 0.3) is 0 Å². The number of hydrogen-bond donors (Lipinski definition) is 3. The number of nitrogens with one attached hydrogen (secondary N) is 2. The average molecular weight is 210 g/mol. The molecule has 1 amide bonds. The molecule has 0 aromatic heterocycles. The number of carbonyl (C=O) groups is 2. The van der Waals surface area contributed by atoms with Crippen molar-refractivity contribution in [2.45, 2.75) is 0 Å². The Morgan fingerprint density at radius 1 is 1.31 bits per heavy atom. The molecule has 0 spiro atoms. The van der Waals surface area contributed by atoms with Gasteiger partial charge < -0.3 is 10.4 Å². The number of carboxylic acid groups (broad SMARTS) is 1. The minimum Gasteiger partial charge on any atom is -0.474 e. The second-order valence-corrected chi connectivity index (χ2v) is 4.06. The number of sulfonamides is 1. The van der Waals surface area contributed by atoms with Crippen molar-refractivity contribution in [1.82, 2.24) is 10.0 Å². The van der Waals surface area contributed by atoms with Crippen LogP contribution in [0.5, 0.6) is 0 Å². The highest BCUT2D eigenvalue weighted by Crippen LogP contribution is 1.71. The molecule has 0 aliphatic heterocycles. The number of rotatable bonds is 4. The van der Waals surface area contributed by atoms with Gasteiger partial charge in [-0.1, -0.05) is 0 Å². The van der Waals surface area contributed by atoms with Crippen LogP contribution in [0.4, 0.5) is 0 Å². The lowest BCUT2D eigenvalue weighted by Gasteiger charge is -2.02. The summed E-state index contributed by atoms with van der Waals surface area (Å²) in [6.45, 7) is -0.0872. The van der Waals surface area contributed by atoms with E-state index in [-0.39, 0.29) is 13.1 Å². The fourth-order valence-corrected chi connectivity index (χ4v) is 0.961. The van der Waals surface area contributed by atoms with E-state index in [2.05, 4.69) is 4.72 Å². The summed E-state index contributed by atoms with van der Waals surface area (Å²) in [7, 11) is -3.29. The number of amides is 1. The highest BCUT2D eigenvalue weighted by Gasteiger charge is 2.09.